The molecule has 1 amide bonds. The second-order valence-corrected chi connectivity index (χ2v) is 8.78. The highest BCUT2D eigenvalue weighted by Gasteiger charge is 2.40. The number of hydrogen-bond donors (Lipinski definition) is 1. The molecule has 11 heteroatoms. The first kappa shape index (κ1) is 18.4. The molecule has 0 spiro atoms. The summed E-state index contributed by atoms with van der Waals surface area (Å²) in [6.45, 7) is -0.0532. The van der Waals surface area contributed by atoms with E-state index in [2.05, 4.69) is 10.2 Å². The van der Waals surface area contributed by atoms with E-state index < -0.39 is 21.7 Å². The molecule has 0 saturated heterocycles. The zero-order chi connectivity index (χ0) is 19.9. The number of rotatable bonds is 5. The van der Waals surface area contributed by atoms with E-state index in [4.69, 9.17) is 5.84 Å². The molecule has 0 aliphatic carbocycles. The van der Waals surface area contributed by atoms with Gasteiger partial charge in [0, 0.05) is 12.3 Å². The summed E-state index contributed by atoms with van der Waals surface area (Å²) in [5.74, 6) is 5.28. The van der Waals surface area contributed by atoms with Gasteiger partial charge in [0.15, 0.2) is 5.82 Å². The van der Waals surface area contributed by atoms with Gasteiger partial charge in [0.1, 0.15) is 10.7 Å². The van der Waals surface area contributed by atoms with Crippen LogP contribution in [0.2, 0.25) is 0 Å². The number of carbonyl (C=O) groups is 1. The summed E-state index contributed by atoms with van der Waals surface area (Å²) in [5.41, 5.74) is 0.369. The summed E-state index contributed by atoms with van der Waals surface area (Å²) in [7, 11) is -3.86. The van der Waals surface area contributed by atoms with Crippen molar-refractivity contribution < 1.29 is 17.6 Å². The summed E-state index contributed by atoms with van der Waals surface area (Å²) in [6.07, 6.45) is 0. The molecule has 144 valence electrons. The van der Waals surface area contributed by atoms with Crippen molar-refractivity contribution in [2.45, 2.75) is 10.1 Å². The highest BCUT2D eigenvalue weighted by atomic mass is 32.2. The quantitative estimate of drug-likeness (QED) is 0.495. The first-order chi connectivity index (χ1) is 13.4. The van der Waals surface area contributed by atoms with Crippen LogP contribution in [0.1, 0.15) is 10.4 Å². The van der Waals surface area contributed by atoms with Crippen molar-refractivity contribution in [3.63, 3.8) is 0 Å². The van der Waals surface area contributed by atoms with E-state index in [9.17, 15) is 17.6 Å². The fraction of sp³-hybridized carbons (Fsp3) is 0.118. The number of nitrogen functional groups attached to an aromatic ring is 1. The lowest BCUT2D eigenvalue weighted by Gasteiger charge is -2.14. The molecule has 2 heterocycles. The van der Waals surface area contributed by atoms with Crippen molar-refractivity contribution in [1.29, 1.82) is 0 Å². The highest BCUT2D eigenvalue weighted by Crippen LogP contribution is 2.30. The van der Waals surface area contributed by atoms with Crippen LogP contribution in [0.25, 0.3) is 11.4 Å². The Hall–Kier alpha value is -2.92. The Balaban J connectivity index is 1.49. The van der Waals surface area contributed by atoms with Crippen LogP contribution >= 0.6 is 11.8 Å². The molecular formula is C17H14FN5O3S2. The maximum Gasteiger partial charge on any atom is 0.269 e. The second-order valence-electron chi connectivity index (χ2n) is 5.88. The molecule has 1 aliphatic rings. The lowest BCUT2D eigenvalue weighted by Crippen LogP contribution is -2.32. The van der Waals surface area contributed by atoms with Crippen LogP contribution in [0.15, 0.2) is 58.6 Å². The van der Waals surface area contributed by atoms with E-state index >= 15 is 0 Å². The number of nitrogens with zero attached hydrogens (tertiary/aromatic N) is 4. The third kappa shape index (κ3) is 2.92. The van der Waals surface area contributed by atoms with Gasteiger partial charge >= 0.3 is 0 Å². The van der Waals surface area contributed by atoms with Crippen LogP contribution in [0.3, 0.4) is 0 Å². The molecule has 1 aliphatic heterocycles. The van der Waals surface area contributed by atoms with Gasteiger partial charge in [-0.3, -0.25) is 4.79 Å². The van der Waals surface area contributed by atoms with Crippen molar-refractivity contribution in [3.05, 3.63) is 59.9 Å². The van der Waals surface area contributed by atoms with Crippen LogP contribution < -0.4 is 5.84 Å². The van der Waals surface area contributed by atoms with E-state index in [1.807, 2.05) is 0 Å². The van der Waals surface area contributed by atoms with Gasteiger partial charge in [-0.2, -0.15) is 0 Å². The largest absolute Gasteiger partial charge is 0.335 e. The summed E-state index contributed by atoms with van der Waals surface area (Å²) in [4.78, 5) is 12.4. The number of sulfonamides is 1. The van der Waals surface area contributed by atoms with E-state index in [1.165, 1.54) is 24.3 Å². The number of benzene rings is 2. The first-order valence-electron chi connectivity index (χ1n) is 8.15. The van der Waals surface area contributed by atoms with Crippen LogP contribution in [0, 0.1) is 5.82 Å². The number of halogens is 1. The minimum absolute atomic E-state index is 0.00818. The third-order valence-electron chi connectivity index (χ3n) is 4.22. The predicted molar refractivity (Wildman–Crippen MR) is 101 cm³/mol. The molecule has 0 bridgehead atoms. The lowest BCUT2D eigenvalue weighted by atomic mass is 10.2. The van der Waals surface area contributed by atoms with E-state index in [1.54, 1.807) is 24.3 Å². The fourth-order valence-corrected chi connectivity index (χ4v) is 5.34. The Morgan fingerprint density at radius 1 is 1.04 bits per heavy atom. The van der Waals surface area contributed by atoms with Gasteiger partial charge in [-0.05, 0) is 24.3 Å². The average molecular weight is 419 g/mol. The minimum atomic E-state index is -3.86. The van der Waals surface area contributed by atoms with Crippen LogP contribution in [0.5, 0.6) is 0 Å². The fourth-order valence-electron chi connectivity index (χ4n) is 2.87. The van der Waals surface area contributed by atoms with Gasteiger partial charge in [-0.15, -0.1) is 10.2 Å². The van der Waals surface area contributed by atoms with Gasteiger partial charge in [0.2, 0.25) is 5.16 Å². The molecule has 2 N–H and O–H groups in total. The Morgan fingerprint density at radius 2 is 1.71 bits per heavy atom. The molecule has 0 unspecified atom stereocenters. The zero-order valence-electron chi connectivity index (χ0n) is 14.3. The normalized spacial score (nSPS) is 15.0. The number of carbonyl (C=O) groups excluding carboxylic acids is 1. The molecular weight excluding hydrogens is 405 g/mol. The van der Waals surface area contributed by atoms with Gasteiger partial charge < -0.3 is 5.84 Å². The van der Waals surface area contributed by atoms with Crippen molar-refractivity contribution >= 4 is 27.7 Å². The maximum absolute atomic E-state index is 13.9. The molecule has 2 aromatic carbocycles. The summed E-state index contributed by atoms with van der Waals surface area (Å²) in [6, 6.07) is 12.1. The van der Waals surface area contributed by atoms with Crippen molar-refractivity contribution in [2.24, 2.45) is 0 Å². The van der Waals surface area contributed by atoms with Gasteiger partial charge in [-0.25, -0.2) is 21.8 Å². The topological polar surface area (TPSA) is 111 Å². The Bertz CT molecular complexity index is 1180. The number of amides is 1. The van der Waals surface area contributed by atoms with Gasteiger partial charge in [-0.1, -0.05) is 36.0 Å². The van der Waals surface area contributed by atoms with Crippen molar-refractivity contribution in [1.82, 2.24) is 19.2 Å². The predicted octanol–water partition coefficient (Wildman–Crippen LogP) is 1.73. The standard InChI is InChI=1S/C17H14FN5O3S2/c18-13-7-3-1-5-11(13)15-20-21-17(23(15)19)27-10-9-22-16(24)12-6-2-4-8-14(12)28(22,25)26/h1-8H,9-10,19H2. The van der Waals surface area contributed by atoms with Crippen molar-refractivity contribution in [3.8, 4) is 11.4 Å². The number of fused-ring (bicyclic) bond motifs is 1. The number of nitrogens with two attached hydrogens (primary N) is 1. The lowest BCUT2D eigenvalue weighted by molar-refractivity contribution is 0.0876. The molecule has 8 nitrogen and oxygen atoms in total. The monoisotopic (exact) mass is 419 g/mol. The second kappa shape index (κ2) is 6.91. The van der Waals surface area contributed by atoms with Gasteiger partial charge in [0.05, 0.1) is 11.1 Å². The van der Waals surface area contributed by atoms with E-state index in [0.717, 1.165) is 20.7 Å². The summed E-state index contributed by atoms with van der Waals surface area (Å²) in [5, 5.41) is 8.10. The maximum atomic E-state index is 13.9. The Morgan fingerprint density at radius 3 is 2.43 bits per heavy atom. The number of thioether (sulfide) groups is 1. The molecule has 3 aromatic rings. The number of aromatic nitrogens is 3. The molecule has 1 aromatic heterocycles. The van der Waals surface area contributed by atoms with Crippen LogP contribution in [-0.2, 0) is 10.0 Å². The average Bonchev–Trinajstić information content (AvgIpc) is 3.13. The van der Waals surface area contributed by atoms with Crippen LogP contribution in [0.4, 0.5) is 4.39 Å². The summed E-state index contributed by atoms with van der Waals surface area (Å²) < 4.78 is 40.9. The SMILES string of the molecule is Nn1c(SCCN2C(=O)c3ccccc3S2(=O)=O)nnc1-c1ccccc1F. The molecule has 28 heavy (non-hydrogen) atoms. The van der Waals surface area contributed by atoms with Gasteiger partial charge in [0.25, 0.3) is 15.9 Å². The third-order valence-corrected chi connectivity index (χ3v) is 6.98. The Labute approximate surface area is 164 Å². The van der Waals surface area contributed by atoms with E-state index in [-0.39, 0.29) is 39.3 Å². The van der Waals surface area contributed by atoms with Crippen molar-refractivity contribution in [2.75, 3.05) is 18.1 Å². The smallest absolute Gasteiger partial charge is 0.269 e. The highest BCUT2D eigenvalue weighted by molar-refractivity contribution is 7.99. The summed E-state index contributed by atoms with van der Waals surface area (Å²) >= 11 is 1.12. The first-order valence-corrected chi connectivity index (χ1v) is 10.6. The Kier molecular flexibility index (Phi) is 4.55. The van der Waals surface area contributed by atoms with Crippen LogP contribution in [-0.4, -0.2) is 45.8 Å². The van der Waals surface area contributed by atoms with E-state index in [0.29, 0.717) is 0 Å². The molecule has 0 saturated carbocycles. The zero-order valence-corrected chi connectivity index (χ0v) is 16.0. The number of hydrogen-bond acceptors (Lipinski definition) is 7. The molecule has 0 radical (unpaired) electrons. The molecule has 0 atom stereocenters. The minimum Gasteiger partial charge on any atom is -0.335 e. The molecule has 4 rings (SSSR count). The molecule has 0 fully saturated rings.